The Morgan fingerprint density at radius 1 is 1.30 bits per heavy atom. The molecule has 0 bridgehead atoms. The second kappa shape index (κ2) is 5.69. The Hall–Kier alpha value is -1.14. The van der Waals surface area contributed by atoms with Crippen molar-refractivity contribution in [3.63, 3.8) is 0 Å². The molecule has 0 aliphatic carbocycles. The third-order valence-corrected chi connectivity index (χ3v) is 5.01. The molecule has 0 N–H and O–H groups in total. The second-order valence-electron chi connectivity index (χ2n) is 5.64. The summed E-state index contributed by atoms with van der Waals surface area (Å²) in [5, 5.41) is 0.533. The molecule has 0 radical (unpaired) electrons. The van der Waals surface area contributed by atoms with Crippen LogP contribution in [0.25, 0.3) is 0 Å². The van der Waals surface area contributed by atoms with Crippen LogP contribution in [-0.4, -0.2) is 20.8 Å². The molecule has 0 saturated heterocycles. The fourth-order valence-corrected chi connectivity index (χ4v) is 3.25. The Bertz CT molecular complexity index is 668. The number of hydrogen-bond donors (Lipinski definition) is 0. The number of rotatable bonds is 3. The van der Waals surface area contributed by atoms with Crippen LogP contribution < -0.4 is 5.69 Å². The van der Waals surface area contributed by atoms with Crippen molar-refractivity contribution in [2.45, 2.75) is 44.8 Å². The molecular formula is C14H19N3OS2. The summed E-state index contributed by atoms with van der Waals surface area (Å²) in [6.45, 7) is 8.96. The van der Waals surface area contributed by atoms with Gasteiger partial charge in [0.05, 0.1) is 6.54 Å². The molecule has 0 aliphatic heterocycles. The van der Waals surface area contributed by atoms with E-state index >= 15 is 0 Å². The zero-order valence-electron chi connectivity index (χ0n) is 12.4. The number of nitrogens with zero attached hydrogens (tertiary/aromatic N) is 3. The third kappa shape index (κ3) is 3.30. The zero-order chi connectivity index (χ0) is 14.9. The monoisotopic (exact) mass is 309 g/mol. The van der Waals surface area contributed by atoms with Crippen LogP contribution in [0.15, 0.2) is 22.1 Å². The second-order valence-corrected chi connectivity index (χ2v) is 7.58. The minimum atomic E-state index is -0.229. The lowest BCUT2D eigenvalue weighted by Gasteiger charge is -2.15. The maximum Gasteiger partial charge on any atom is 0.351 e. The van der Waals surface area contributed by atoms with Crippen molar-refractivity contribution < 1.29 is 0 Å². The highest BCUT2D eigenvalue weighted by Crippen LogP contribution is 2.29. The molecular weight excluding hydrogens is 290 g/mol. The number of hydrogen-bond acceptors (Lipinski definition) is 5. The van der Waals surface area contributed by atoms with Gasteiger partial charge in [-0.25, -0.2) is 9.78 Å². The summed E-state index contributed by atoms with van der Waals surface area (Å²) in [7, 11) is 0. The third-order valence-electron chi connectivity index (χ3n) is 2.97. The largest absolute Gasteiger partial charge is 0.351 e. The van der Waals surface area contributed by atoms with Crippen LogP contribution in [0.5, 0.6) is 0 Å². The minimum Gasteiger partial charge on any atom is -0.275 e. The highest BCUT2D eigenvalue weighted by atomic mass is 32.2. The average Bonchev–Trinajstić information content (AvgIpc) is 2.82. The molecule has 6 heteroatoms. The van der Waals surface area contributed by atoms with E-state index in [4.69, 9.17) is 0 Å². The van der Waals surface area contributed by atoms with Gasteiger partial charge in [-0.05, 0) is 30.7 Å². The molecule has 2 heterocycles. The van der Waals surface area contributed by atoms with E-state index in [0.29, 0.717) is 17.5 Å². The number of thiophene rings is 1. The van der Waals surface area contributed by atoms with Crippen molar-refractivity contribution in [1.29, 1.82) is 0 Å². The molecule has 0 saturated carbocycles. The standard InChI is InChI=1S/C14H19N3OS2/c1-9-15-12(19-5)16-13(18)17(9)8-10-6-7-11(20-10)14(2,3)4/h6-7H,8H2,1-5H3. The molecule has 0 atom stereocenters. The SMILES string of the molecule is CSc1nc(C)n(Cc2ccc(C(C)(C)C)s2)c(=O)n1. The maximum atomic E-state index is 12.0. The van der Waals surface area contributed by atoms with Gasteiger partial charge in [0.1, 0.15) is 5.82 Å². The van der Waals surface area contributed by atoms with Gasteiger partial charge < -0.3 is 0 Å². The van der Waals surface area contributed by atoms with Gasteiger partial charge in [-0.1, -0.05) is 32.5 Å². The molecule has 0 spiro atoms. The summed E-state index contributed by atoms with van der Waals surface area (Å²) in [6, 6.07) is 4.22. The van der Waals surface area contributed by atoms with E-state index in [1.54, 1.807) is 15.9 Å². The molecule has 0 unspecified atom stereocenters. The lowest BCUT2D eigenvalue weighted by molar-refractivity contribution is 0.604. The molecule has 0 aliphatic rings. The van der Waals surface area contributed by atoms with Gasteiger partial charge in [0.25, 0.3) is 0 Å². The Morgan fingerprint density at radius 3 is 2.50 bits per heavy atom. The summed E-state index contributed by atoms with van der Waals surface area (Å²) < 4.78 is 1.62. The van der Waals surface area contributed by atoms with Crippen molar-refractivity contribution in [2.24, 2.45) is 0 Å². The molecule has 2 aromatic heterocycles. The Kier molecular flexibility index (Phi) is 4.34. The first-order chi connectivity index (χ1) is 9.31. The van der Waals surface area contributed by atoms with Crippen molar-refractivity contribution in [3.05, 3.63) is 38.2 Å². The first kappa shape index (κ1) is 15.3. The zero-order valence-corrected chi connectivity index (χ0v) is 14.1. The summed E-state index contributed by atoms with van der Waals surface area (Å²) in [6.07, 6.45) is 1.87. The molecule has 0 aromatic carbocycles. The normalized spacial score (nSPS) is 11.8. The first-order valence-corrected chi connectivity index (χ1v) is 8.44. The van der Waals surface area contributed by atoms with Crippen LogP contribution in [0.3, 0.4) is 0 Å². The average molecular weight is 309 g/mol. The molecule has 2 rings (SSSR count). The van der Waals surface area contributed by atoms with E-state index in [-0.39, 0.29) is 11.1 Å². The minimum absolute atomic E-state index is 0.141. The van der Waals surface area contributed by atoms with E-state index in [1.807, 2.05) is 13.2 Å². The highest BCUT2D eigenvalue weighted by Gasteiger charge is 2.16. The molecule has 0 fully saturated rings. The Balaban J connectivity index is 2.31. The van der Waals surface area contributed by atoms with E-state index in [9.17, 15) is 4.79 Å². The topological polar surface area (TPSA) is 47.8 Å². The van der Waals surface area contributed by atoms with E-state index < -0.39 is 0 Å². The summed E-state index contributed by atoms with van der Waals surface area (Å²) >= 11 is 3.13. The smallest absolute Gasteiger partial charge is 0.275 e. The fourth-order valence-electron chi connectivity index (χ4n) is 1.80. The van der Waals surface area contributed by atoms with E-state index in [0.717, 1.165) is 4.88 Å². The number of thioether (sulfide) groups is 1. The molecule has 108 valence electrons. The van der Waals surface area contributed by atoms with Crippen LogP contribution in [0.4, 0.5) is 0 Å². The van der Waals surface area contributed by atoms with Gasteiger partial charge in [-0.2, -0.15) is 4.98 Å². The van der Waals surface area contributed by atoms with E-state index in [1.165, 1.54) is 16.6 Å². The van der Waals surface area contributed by atoms with Crippen LogP contribution in [0, 0.1) is 6.92 Å². The van der Waals surface area contributed by atoms with Crippen molar-refractivity contribution in [2.75, 3.05) is 6.26 Å². The van der Waals surface area contributed by atoms with Gasteiger partial charge >= 0.3 is 5.69 Å². The first-order valence-electron chi connectivity index (χ1n) is 6.40. The quantitative estimate of drug-likeness (QED) is 0.818. The Morgan fingerprint density at radius 2 is 2.00 bits per heavy atom. The van der Waals surface area contributed by atoms with Crippen molar-refractivity contribution in [1.82, 2.24) is 14.5 Å². The Labute approximate surface area is 127 Å². The number of aryl methyl sites for hydroxylation is 1. The lowest BCUT2D eigenvalue weighted by Crippen LogP contribution is -2.27. The van der Waals surface area contributed by atoms with Gasteiger partial charge in [-0.15, -0.1) is 11.3 Å². The predicted molar refractivity (Wildman–Crippen MR) is 84.9 cm³/mol. The van der Waals surface area contributed by atoms with Crippen LogP contribution >= 0.6 is 23.1 Å². The van der Waals surface area contributed by atoms with Gasteiger partial charge in [0.2, 0.25) is 0 Å². The maximum absolute atomic E-state index is 12.0. The summed E-state index contributed by atoms with van der Waals surface area (Å²) in [5.41, 5.74) is -0.0881. The van der Waals surface area contributed by atoms with Crippen LogP contribution in [-0.2, 0) is 12.0 Å². The summed E-state index contributed by atoms with van der Waals surface area (Å²) in [4.78, 5) is 22.8. The van der Waals surface area contributed by atoms with Crippen molar-refractivity contribution >= 4 is 23.1 Å². The van der Waals surface area contributed by atoms with Crippen molar-refractivity contribution in [3.8, 4) is 0 Å². The molecule has 2 aromatic rings. The summed E-state index contributed by atoms with van der Waals surface area (Å²) in [5.74, 6) is 0.708. The highest BCUT2D eigenvalue weighted by molar-refractivity contribution is 7.98. The molecule has 20 heavy (non-hydrogen) atoms. The lowest BCUT2D eigenvalue weighted by atomic mass is 9.95. The van der Waals surface area contributed by atoms with Crippen LogP contribution in [0.1, 0.15) is 36.3 Å². The van der Waals surface area contributed by atoms with E-state index in [2.05, 4.69) is 42.9 Å². The molecule has 0 amide bonds. The van der Waals surface area contributed by atoms with Crippen LogP contribution in [0.2, 0.25) is 0 Å². The number of aromatic nitrogens is 3. The fraction of sp³-hybridized carbons (Fsp3) is 0.500. The predicted octanol–water partition coefficient (Wildman–Crippen LogP) is 3.08. The van der Waals surface area contributed by atoms with Gasteiger partial charge in [-0.3, -0.25) is 4.57 Å². The van der Waals surface area contributed by atoms with Gasteiger partial charge in [0, 0.05) is 9.75 Å². The molecule has 4 nitrogen and oxygen atoms in total. The van der Waals surface area contributed by atoms with Gasteiger partial charge in [0.15, 0.2) is 5.16 Å².